The maximum absolute atomic E-state index is 13.9. The van der Waals surface area contributed by atoms with Gasteiger partial charge in [0.05, 0.1) is 6.04 Å². The molecule has 10 nitrogen and oxygen atoms in total. The largest absolute Gasteiger partial charge is 0.444 e. The maximum Gasteiger partial charge on any atom is 0.408 e. The number of likely N-dealkylation sites (tertiary alicyclic amines) is 1. The molecule has 2 fully saturated rings. The van der Waals surface area contributed by atoms with Gasteiger partial charge in [-0.1, -0.05) is 53.9 Å². The predicted molar refractivity (Wildman–Crippen MR) is 148 cm³/mol. The second-order valence-corrected chi connectivity index (χ2v) is 13.3. The third-order valence-electron chi connectivity index (χ3n) is 7.41. The van der Waals surface area contributed by atoms with Crippen LogP contribution in [-0.4, -0.2) is 64.8 Å². The van der Waals surface area contributed by atoms with E-state index in [2.05, 4.69) is 15.7 Å². The number of hydrogen-bond acceptors (Lipinski definition) is 6. The Labute approximate surface area is 229 Å². The Hall–Kier alpha value is -2.22. The standard InChI is InChI=1S/C27H47N4O6P/c1-15(2)17-12-13-31(24(35)21(26(3,4)5)29-25(36)37-27(6,7)8)19(17)22(33)28-18(14-16-10-9-11-16)20(32)23(34)30-38/h15-19,21H,9-14,38H2,1-8H3,(H,28,33)(H,29,36)(H,30,34)/t17-,18?,19+,21-/m1/s1. The summed E-state index contributed by atoms with van der Waals surface area (Å²) in [6.45, 7) is 15.1. The molecule has 5 atom stereocenters. The van der Waals surface area contributed by atoms with Crippen molar-refractivity contribution >= 4 is 39.0 Å². The fourth-order valence-electron chi connectivity index (χ4n) is 5.12. The van der Waals surface area contributed by atoms with Crippen LogP contribution >= 0.6 is 9.39 Å². The molecule has 0 bridgehead atoms. The minimum atomic E-state index is -0.961. The number of nitrogens with zero attached hydrogens (tertiary/aromatic N) is 1. The van der Waals surface area contributed by atoms with Crippen LogP contribution in [0.5, 0.6) is 0 Å². The average Bonchev–Trinajstić information content (AvgIpc) is 3.21. The monoisotopic (exact) mass is 554 g/mol. The summed E-state index contributed by atoms with van der Waals surface area (Å²) in [5.74, 6) is -2.09. The Morgan fingerprint density at radius 2 is 1.58 bits per heavy atom. The molecule has 1 saturated carbocycles. The van der Waals surface area contributed by atoms with Crippen molar-refractivity contribution in [3.8, 4) is 0 Å². The third-order valence-corrected chi connectivity index (χ3v) is 7.67. The van der Waals surface area contributed by atoms with Gasteiger partial charge in [0.25, 0.3) is 5.91 Å². The van der Waals surface area contributed by atoms with Crippen LogP contribution in [0, 0.1) is 23.2 Å². The van der Waals surface area contributed by atoms with E-state index in [1.54, 1.807) is 20.8 Å². The summed E-state index contributed by atoms with van der Waals surface area (Å²) in [6, 6.07) is -2.73. The number of ether oxygens (including phenoxy) is 1. The number of carbonyl (C=O) groups is 5. The van der Waals surface area contributed by atoms with Crippen molar-refractivity contribution in [3.05, 3.63) is 0 Å². The molecule has 38 heavy (non-hydrogen) atoms. The Balaban J connectivity index is 2.33. The first kappa shape index (κ1) is 32.0. The van der Waals surface area contributed by atoms with E-state index in [1.807, 2.05) is 44.0 Å². The highest BCUT2D eigenvalue weighted by atomic mass is 31.0. The van der Waals surface area contributed by atoms with Crippen LogP contribution in [0.2, 0.25) is 0 Å². The number of rotatable bonds is 9. The molecule has 0 radical (unpaired) electrons. The Bertz CT molecular complexity index is 906. The third kappa shape index (κ3) is 8.39. The van der Waals surface area contributed by atoms with Crippen molar-refractivity contribution in [2.45, 2.75) is 111 Å². The van der Waals surface area contributed by atoms with Gasteiger partial charge in [0.2, 0.25) is 17.6 Å². The smallest absolute Gasteiger partial charge is 0.408 e. The van der Waals surface area contributed by atoms with Crippen molar-refractivity contribution < 1.29 is 28.7 Å². The predicted octanol–water partition coefficient (Wildman–Crippen LogP) is 2.95. The summed E-state index contributed by atoms with van der Waals surface area (Å²) in [7, 11) is 2.02. The number of nitrogens with one attached hydrogen (secondary N) is 3. The fraction of sp³-hybridized carbons (Fsp3) is 0.815. The number of alkyl carbamates (subject to hydrolysis) is 1. The van der Waals surface area contributed by atoms with Crippen LogP contribution in [-0.2, 0) is 23.9 Å². The quantitative estimate of drug-likeness (QED) is 0.296. The number of hydrogen-bond donors (Lipinski definition) is 3. The lowest BCUT2D eigenvalue weighted by Gasteiger charge is -2.37. The van der Waals surface area contributed by atoms with Gasteiger partial charge in [0.15, 0.2) is 0 Å². The number of Topliss-reactive ketones (excluding diaryl/α,β-unsaturated/α-hetero) is 1. The van der Waals surface area contributed by atoms with Gasteiger partial charge in [-0.15, -0.1) is 0 Å². The highest BCUT2D eigenvalue weighted by Gasteiger charge is 2.48. The second kappa shape index (κ2) is 12.8. The molecule has 3 N–H and O–H groups in total. The summed E-state index contributed by atoms with van der Waals surface area (Å²) in [6.07, 6.45) is 3.26. The van der Waals surface area contributed by atoms with E-state index in [1.165, 1.54) is 4.90 Å². The lowest BCUT2D eigenvalue weighted by Crippen LogP contribution is -2.60. The molecule has 2 unspecified atom stereocenters. The first-order valence-electron chi connectivity index (χ1n) is 13.6. The van der Waals surface area contributed by atoms with Gasteiger partial charge in [0.1, 0.15) is 17.7 Å². The molecule has 4 amide bonds. The molecule has 0 aromatic rings. The molecule has 1 saturated heterocycles. The zero-order valence-electron chi connectivity index (χ0n) is 24.2. The Morgan fingerprint density at radius 3 is 2.03 bits per heavy atom. The molecule has 1 aliphatic carbocycles. The molecule has 11 heteroatoms. The zero-order valence-corrected chi connectivity index (χ0v) is 25.3. The molecular formula is C27H47N4O6P. The van der Waals surface area contributed by atoms with Crippen LogP contribution in [0.25, 0.3) is 0 Å². The van der Waals surface area contributed by atoms with Crippen LogP contribution in [0.1, 0.15) is 87.5 Å². The van der Waals surface area contributed by atoms with Crippen molar-refractivity contribution in [1.29, 1.82) is 0 Å². The van der Waals surface area contributed by atoms with Gasteiger partial charge in [-0.25, -0.2) is 4.79 Å². The number of amides is 4. The zero-order chi connectivity index (χ0) is 29.0. The summed E-state index contributed by atoms with van der Waals surface area (Å²) >= 11 is 0. The molecule has 2 aliphatic rings. The number of ketones is 1. The highest BCUT2D eigenvalue weighted by Crippen LogP contribution is 2.34. The van der Waals surface area contributed by atoms with E-state index in [-0.39, 0.29) is 23.7 Å². The topological polar surface area (TPSA) is 134 Å². The van der Waals surface area contributed by atoms with Crippen molar-refractivity contribution in [2.75, 3.05) is 6.54 Å². The van der Waals surface area contributed by atoms with Crippen LogP contribution < -0.4 is 15.7 Å². The number of carbonyl (C=O) groups excluding carboxylic acids is 5. The average molecular weight is 555 g/mol. The van der Waals surface area contributed by atoms with Crippen molar-refractivity contribution in [1.82, 2.24) is 20.6 Å². The Kier molecular flexibility index (Phi) is 10.7. The lowest BCUT2D eigenvalue weighted by molar-refractivity contribution is -0.145. The van der Waals surface area contributed by atoms with Gasteiger partial charge in [-0.3, -0.25) is 19.2 Å². The lowest BCUT2D eigenvalue weighted by atomic mass is 9.80. The first-order chi connectivity index (χ1) is 17.5. The maximum atomic E-state index is 13.9. The van der Waals surface area contributed by atoms with E-state index >= 15 is 0 Å². The normalized spacial score (nSPS) is 21.8. The van der Waals surface area contributed by atoms with Gasteiger partial charge in [-0.2, -0.15) is 0 Å². The summed E-state index contributed by atoms with van der Waals surface area (Å²) in [4.78, 5) is 66.8. The van der Waals surface area contributed by atoms with Gasteiger partial charge < -0.3 is 25.4 Å². The van der Waals surface area contributed by atoms with E-state index in [4.69, 9.17) is 4.74 Å². The SMILES string of the molecule is CC(C)[C@H]1CCN(C(=O)[C@@H](NC(=O)OC(C)(C)C)C(C)(C)C)[C@@H]1C(=O)NC(CC1CCC1)C(=O)C(=O)NP. The minimum absolute atomic E-state index is 0.0894. The molecule has 216 valence electrons. The molecular weight excluding hydrogens is 507 g/mol. The summed E-state index contributed by atoms with van der Waals surface area (Å²) in [5.41, 5.74) is -1.40. The van der Waals surface area contributed by atoms with Crippen molar-refractivity contribution in [2.24, 2.45) is 23.2 Å². The van der Waals surface area contributed by atoms with Gasteiger partial charge >= 0.3 is 6.09 Å². The van der Waals surface area contributed by atoms with Crippen LogP contribution in [0.4, 0.5) is 4.79 Å². The Morgan fingerprint density at radius 1 is 0.974 bits per heavy atom. The van der Waals surface area contributed by atoms with E-state index in [9.17, 15) is 24.0 Å². The summed E-state index contributed by atoms with van der Waals surface area (Å²) in [5, 5.41) is 7.83. The molecule has 0 spiro atoms. The molecule has 1 aliphatic heterocycles. The van der Waals surface area contributed by atoms with Crippen LogP contribution in [0.15, 0.2) is 0 Å². The van der Waals surface area contributed by atoms with Gasteiger partial charge in [-0.05, 0) is 66.2 Å². The van der Waals surface area contributed by atoms with E-state index < -0.39 is 52.8 Å². The highest BCUT2D eigenvalue weighted by molar-refractivity contribution is 7.15. The molecule has 1 heterocycles. The fourth-order valence-corrected chi connectivity index (χ4v) is 5.26. The van der Waals surface area contributed by atoms with Gasteiger partial charge in [0, 0.05) is 6.54 Å². The van der Waals surface area contributed by atoms with Crippen molar-refractivity contribution in [3.63, 3.8) is 0 Å². The van der Waals surface area contributed by atoms with Crippen LogP contribution in [0.3, 0.4) is 0 Å². The first-order valence-corrected chi connectivity index (χ1v) is 14.2. The molecule has 0 aromatic heterocycles. The van der Waals surface area contributed by atoms with E-state index in [0.29, 0.717) is 19.4 Å². The second-order valence-electron chi connectivity index (χ2n) is 13.0. The van der Waals surface area contributed by atoms with E-state index in [0.717, 1.165) is 19.3 Å². The minimum Gasteiger partial charge on any atom is -0.444 e. The molecule has 0 aromatic carbocycles. The summed E-state index contributed by atoms with van der Waals surface area (Å²) < 4.78 is 5.40. The molecule has 2 rings (SSSR count).